The fourth-order valence-corrected chi connectivity index (χ4v) is 3.76. The largest absolute Gasteiger partial charge is 0.495 e. The van der Waals surface area contributed by atoms with E-state index in [1.54, 1.807) is 7.11 Å². The van der Waals surface area contributed by atoms with Gasteiger partial charge in [0, 0.05) is 13.0 Å². The van der Waals surface area contributed by atoms with Crippen LogP contribution in [0.15, 0.2) is 59.8 Å². The van der Waals surface area contributed by atoms with Crippen LogP contribution in [0.1, 0.15) is 25.2 Å². The van der Waals surface area contributed by atoms with Crippen LogP contribution in [0.2, 0.25) is 0 Å². The Morgan fingerprint density at radius 2 is 1.86 bits per heavy atom. The number of aromatic nitrogens is 3. The minimum absolute atomic E-state index is 0.107. The molecule has 0 saturated heterocycles. The molecule has 28 heavy (non-hydrogen) atoms. The van der Waals surface area contributed by atoms with Gasteiger partial charge in [0.15, 0.2) is 5.16 Å². The Balaban J connectivity index is 1.69. The fourth-order valence-electron chi connectivity index (χ4n) is 2.83. The highest BCUT2D eigenvalue weighted by molar-refractivity contribution is 8.00. The molecule has 2 aromatic carbocycles. The van der Waals surface area contributed by atoms with Crippen LogP contribution in [0.4, 0.5) is 5.69 Å². The van der Waals surface area contributed by atoms with Gasteiger partial charge in [0.25, 0.3) is 0 Å². The van der Waals surface area contributed by atoms with Gasteiger partial charge >= 0.3 is 0 Å². The van der Waals surface area contributed by atoms with Gasteiger partial charge in [-0.1, -0.05) is 54.2 Å². The molecule has 146 valence electrons. The van der Waals surface area contributed by atoms with Crippen molar-refractivity contribution in [3.05, 3.63) is 66.0 Å². The number of hydrogen-bond donors (Lipinski definition) is 1. The summed E-state index contributed by atoms with van der Waals surface area (Å²) in [5.41, 5.74) is 1.84. The SMILES string of the molecule is CCn1c(Cc2ccccc2)nnc1S[C@H](C)C(=O)Nc1ccccc1OC. The number of carbonyl (C=O) groups is 1. The summed E-state index contributed by atoms with van der Waals surface area (Å²) in [4.78, 5) is 12.6. The highest BCUT2D eigenvalue weighted by Crippen LogP contribution is 2.27. The van der Waals surface area contributed by atoms with E-state index in [-0.39, 0.29) is 11.2 Å². The summed E-state index contributed by atoms with van der Waals surface area (Å²) in [5, 5.41) is 12.0. The van der Waals surface area contributed by atoms with Gasteiger partial charge in [-0.15, -0.1) is 10.2 Å². The zero-order valence-corrected chi connectivity index (χ0v) is 17.1. The third kappa shape index (κ3) is 4.72. The molecule has 0 fully saturated rings. The van der Waals surface area contributed by atoms with Crippen molar-refractivity contribution in [1.82, 2.24) is 14.8 Å². The Labute approximate surface area is 169 Å². The average molecular weight is 397 g/mol. The fraction of sp³-hybridized carbons (Fsp3) is 0.286. The minimum atomic E-state index is -0.330. The average Bonchev–Trinajstić information content (AvgIpc) is 3.10. The quantitative estimate of drug-likeness (QED) is 0.583. The van der Waals surface area contributed by atoms with Gasteiger partial charge in [0.2, 0.25) is 5.91 Å². The molecule has 0 bridgehead atoms. The second kappa shape index (κ2) is 9.41. The predicted octanol–water partition coefficient (Wildman–Crippen LogP) is 4.02. The lowest BCUT2D eigenvalue weighted by Crippen LogP contribution is -2.23. The molecule has 0 spiro atoms. The number of hydrogen-bond acceptors (Lipinski definition) is 5. The molecule has 0 aliphatic rings. The lowest BCUT2D eigenvalue weighted by atomic mass is 10.1. The zero-order chi connectivity index (χ0) is 19.9. The second-order valence-corrected chi connectivity index (χ2v) is 7.56. The number of benzene rings is 2. The monoisotopic (exact) mass is 396 g/mol. The smallest absolute Gasteiger partial charge is 0.237 e. The topological polar surface area (TPSA) is 69.0 Å². The third-order valence-corrected chi connectivity index (χ3v) is 5.41. The van der Waals surface area contributed by atoms with Gasteiger partial charge in [-0.3, -0.25) is 4.79 Å². The Morgan fingerprint density at radius 3 is 2.57 bits per heavy atom. The maximum atomic E-state index is 12.6. The third-order valence-electron chi connectivity index (χ3n) is 4.33. The van der Waals surface area contributed by atoms with E-state index >= 15 is 0 Å². The molecule has 7 heteroatoms. The molecule has 1 heterocycles. The number of methoxy groups -OCH3 is 1. The summed E-state index contributed by atoms with van der Waals surface area (Å²) in [5.74, 6) is 1.42. The maximum absolute atomic E-state index is 12.6. The number of nitrogens with one attached hydrogen (secondary N) is 1. The van der Waals surface area contributed by atoms with Crippen LogP contribution < -0.4 is 10.1 Å². The molecule has 0 unspecified atom stereocenters. The van der Waals surface area contributed by atoms with Crippen molar-refractivity contribution in [3.8, 4) is 5.75 Å². The van der Waals surface area contributed by atoms with E-state index in [9.17, 15) is 4.79 Å². The number of thioether (sulfide) groups is 1. The molecule has 6 nitrogen and oxygen atoms in total. The van der Waals surface area contributed by atoms with E-state index < -0.39 is 0 Å². The molecule has 0 radical (unpaired) electrons. The van der Waals surface area contributed by atoms with Crippen LogP contribution in [-0.2, 0) is 17.8 Å². The number of carbonyl (C=O) groups excluding carboxylic acids is 1. The van der Waals surface area contributed by atoms with Gasteiger partial charge in [0.05, 0.1) is 18.0 Å². The van der Waals surface area contributed by atoms with Crippen LogP contribution in [-0.4, -0.2) is 33.0 Å². The van der Waals surface area contributed by atoms with Gasteiger partial charge in [-0.2, -0.15) is 0 Å². The van der Waals surface area contributed by atoms with Gasteiger partial charge < -0.3 is 14.6 Å². The molecule has 1 N–H and O–H groups in total. The van der Waals surface area contributed by atoms with Crippen molar-refractivity contribution in [2.45, 2.75) is 37.2 Å². The van der Waals surface area contributed by atoms with Crippen LogP contribution in [0.25, 0.3) is 0 Å². The highest BCUT2D eigenvalue weighted by atomic mass is 32.2. The van der Waals surface area contributed by atoms with Crippen molar-refractivity contribution >= 4 is 23.4 Å². The van der Waals surface area contributed by atoms with E-state index in [1.165, 1.54) is 17.3 Å². The minimum Gasteiger partial charge on any atom is -0.495 e. The van der Waals surface area contributed by atoms with E-state index in [1.807, 2.05) is 49.4 Å². The molecular formula is C21H24N4O2S. The zero-order valence-electron chi connectivity index (χ0n) is 16.3. The van der Waals surface area contributed by atoms with Crippen molar-refractivity contribution in [1.29, 1.82) is 0 Å². The number of amides is 1. The summed E-state index contributed by atoms with van der Waals surface area (Å²) >= 11 is 1.40. The van der Waals surface area contributed by atoms with Crippen LogP contribution in [0, 0.1) is 0 Å². The van der Waals surface area contributed by atoms with Crippen LogP contribution in [0.3, 0.4) is 0 Å². The Morgan fingerprint density at radius 1 is 1.14 bits per heavy atom. The Kier molecular flexibility index (Phi) is 6.71. The summed E-state index contributed by atoms with van der Waals surface area (Å²) in [6.07, 6.45) is 0.712. The Hall–Kier alpha value is -2.80. The van der Waals surface area contributed by atoms with Gasteiger partial charge in [0.1, 0.15) is 11.6 Å². The van der Waals surface area contributed by atoms with Crippen molar-refractivity contribution in [3.63, 3.8) is 0 Å². The predicted molar refractivity (Wildman–Crippen MR) is 112 cm³/mol. The van der Waals surface area contributed by atoms with E-state index in [0.717, 1.165) is 17.5 Å². The number of para-hydroxylation sites is 2. The standard InChI is InChI=1S/C21H24N4O2S/c1-4-25-19(14-16-10-6-5-7-11-16)23-24-21(25)28-15(2)20(26)22-17-12-8-9-13-18(17)27-3/h5-13,15H,4,14H2,1-3H3,(H,22,26)/t15-/m1/s1. The first-order valence-electron chi connectivity index (χ1n) is 9.19. The first-order valence-corrected chi connectivity index (χ1v) is 10.1. The van der Waals surface area contributed by atoms with Gasteiger partial charge in [-0.25, -0.2) is 0 Å². The second-order valence-electron chi connectivity index (χ2n) is 6.26. The number of rotatable bonds is 8. The summed E-state index contributed by atoms with van der Waals surface area (Å²) in [7, 11) is 1.58. The first kappa shape index (κ1) is 19.9. The maximum Gasteiger partial charge on any atom is 0.237 e. The van der Waals surface area contributed by atoms with E-state index in [0.29, 0.717) is 17.9 Å². The van der Waals surface area contributed by atoms with Crippen molar-refractivity contribution in [2.24, 2.45) is 0 Å². The lowest BCUT2D eigenvalue weighted by Gasteiger charge is -2.14. The lowest BCUT2D eigenvalue weighted by molar-refractivity contribution is -0.115. The normalized spacial score (nSPS) is 11.8. The molecule has 3 aromatic rings. The molecule has 0 saturated carbocycles. The summed E-state index contributed by atoms with van der Waals surface area (Å²) in [6, 6.07) is 17.5. The summed E-state index contributed by atoms with van der Waals surface area (Å²) in [6.45, 7) is 4.67. The number of anilines is 1. The van der Waals surface area contributed by atoms with Crippen LogP contribution >= 0.6 is 11.8 Å². The molecule has 1 aromatic heterocycles. The number of nitrogens with zero attached hydrogens (tertiary/aromatic N) is 3. The molecule has 0 aliphatic carbocycles. The van der Waals surface area contributed by atoms with Gasteiger partial charge in [-0.05, 0) is 31.5 Å². The van der Waals surface area contributed by atoms with Crippen LogP contribution in [0.5, 0.6) is 5.75 Å². The molecule has 0 aliphatic heterocycles. The van der Waals surface area contributed by atoms with E-state index in [2.05, 4.69) is 39.1 Å². The summed E-state index contributed by atoms with van der Waals surface area (Å²) < 4.78 is 7.35. The molecule has 3 rings (SSSR count). The van der Waals surface area contributed by atoms with Crippen molar-refractivity contribution in [2.75, 3.05) is 12.4 Å². The van der Waals surface area contributed by atoms with Crippen molar-refractivity contribution < 1.29 is 9.53 Å². The molecule has 1 atom stereocenters. The number of ether oxygens (including phenoxy) is 1. The Bertz CT molecular complexity index is 927. The molecular weight excluding hydrogens is 372 g/mol. The highest BCUT2D eigenvalue weighted by Gasteiger charge is 2.20. The molecule has 1 amide bonds. The van der Waals surface area contributed by atoms with E-state index in [4.69, 9.17) is 4.74 Å². The first-order chi connectivity index (χ1) is 13.6.